The second kappa shape index (κ2) is 9.15. The van der Waals surface area contributed by atoms with Crippen LogP contribution in [0.2, 0.25) is 0 Å². The zero-order chi connectivity index (χ0) is 13.2. The molecule has 0 saturated carbocycles. The lowest BCUT2D eigenvalue weighted by Gasteiger charge is -2.15. The molecule has 0 amide bonds. The first-order valence-electron chi connectivity index (χ1n) is 7.44. The van der Waals surface area contributed by atoms with Gasteiger partial charge in [0, 0.05) is 19.4 Å². The van der Waals surface area contributed by atoms with E-state index in [1.165, 1.54) is 51.4 Å². The number of aromatic nitrogens is 2. The summed E-state index contributed by atoms with van der Waals surface area (Å²) in [6.07, 6.45) is 14.7. The van der Waals surface area contributed by atoms with Gasteiger partial charge < -0.3 is 9.88 Å². The lowest BCUT2D eigenvalue weighted by molar-refractivity contribution is 0.468. The predicted molar refractivity (Wildman–Crippen MR) is 77.6 cm³/mol. The van der Waals surface area contributed by atoms with Crippen molar-refractivity contribution in [2.24, 2.45) is 7.05 Å². The average Bonchev–Trinajstić information content (AvgIpc) is 2.79. The molecule has 0 bridgehead atoms. The Labute approximate surface area is 112 Å². The van der Waals surface area contributed by atoms with Crippen LogP contribution in [-0.4, -0.2) is 16.6 Å². The summed E-state index contributed by atoms with van der Waals surface area (Å²) in [4.78, 5) is 4.43. The molecule has 0 aliphatic heterocycles. The minimum atomic E-state index is 0.403. The summed E-state index contributed by atoms with van der Waals surface area (Å²) >= 11 is 0. The van der Waals surface area contributed by atoms with Crippen LogP contribution in [0.25, 0.3) is 0 Å². The number of aryl methyl sites for hydroxylation is 1. The second-order valence-electron chi connectivity index (χ2n) is 5.15. The minimum Gasteiger partial charge on any atom is -0.337 e. The molecule has 0 radical (unpaired) electrons. The van der Waals surface area contributed by atoms with Gasteiger partial charge in [-0.05, 0) is 13.5 Å². The fourth-order valence-corrected chi connectivity index (χ4v) is 2.42. The number of nitrogens with zero attached hydrogens (tertiary/aromatic N) is 2. The largest absolute Gasteiger partial charge is 0.337 e. The molecule has 3 nitrogen and oxygen atoms in total. The number of rotatable bonds is 10. The first-order chi connectivity index (χ1) is 8.79. The number of hydrogen-bond donors (Lipinski definition) is 1. The Morgan fingerprint density at radius 1 is 1.17 bits per heavy atom. The van der Waals surface area contributed by atoms with Gasteiger partial charge in [0.15, 0.2) is 0 Å². The molecule has 104 valence electrons. The number of unbranched alkanes of at least 4 members (excludes halogenated alkanes) is 6. The lowest BCUT2D eigenvalue weighted by atomic mass is 10.0. The molecule has 1 heterocycles. The SMILES string of the molecule is CCCCCCCCCC(NC)c1nccn1C. The maximum atomic E-state index is 4.43. The van der Waals surface area contributed by atoms with Gasteiger partial charge in [-0.1, -0.05) is 51.9 Å². The highest BCUT2D eigenvalue weighted by Gasteiger charge is 2.12. The fraction of sp³-hybridized carbons (Fsp3) is 0.800. The van der Waals surface area contributed by atoms with Crippen LogP contribution >= 0.6 is 0 Å². The quantitative estimate of drug-likeness (QED) is 0.641. The molecular formula is C15H29N3. The monoisotopic (exact) mass is 251 g/mol. The van der Waals surface area contributed by atoms with Crippen molar-refractivity contribution in [2.75, 3.05) is 7.05 Å². The van der Waals surface area contributed by atoms with Crippen molar-refractivity contribution in [3.8, 4) is 0 Å². The zero-order valence-corrected chi connectivity index (χ0v) is 12.3. The highest BCUT2D eigenvalue weighted by molar-refractivity contribution is 4.98. The highest BCUT2D eigenvalue weighted by Crippen LogP contribution is 2.18. The zero-order valence-electron chi connectivity index (χ0n) is 12.3. The molecule has 0 fully saturated rings. The van der Waals surface area contributed by atoms with Gasteiger partial charge in [0.2, 0.25) is 0 Å². The molecular weight excluding hydrogens is 222 g/mol. The Bertz CT molecular complexity index is 306. The summed E-state index contributed by atoms with van der Waals surface area (Å²) in [6, 6.07) is 0.403. The van der Waals surface area contributed by atoms with E-state index in [-0.39, 0.29) is 0 Å². The Morgan fingerprint density at radius 3 is 2.39 bits per heavy atom. The van der Waals surface area contributed by atoms with E-state index >= 15 is 0 Å². The Morgan fingerprint density at radius 2 is 1.83 bits per heavy atom. The van der Waals surface area contributed by atoms with Crippen LogP contribution in [-0.2, 0) is 7.05 Å². The summed E-state index contributed by atoms with van der Waals surface area (Å²) in [7, 11) is 4.10. The molecule has 1 N–H and O–H groups in total. The number of hydrogen-bond acceptors (Lipinski definition) is 2. The van der Waals surface area contributed by atoms with E-state index in [0.29, 0.717) is 6.04 Å². The van der Waals surface area contributed by atoms with Gasteiger partial charge in [-0.15, -0.1) is 0 Å². The van der Waals surface area contributed by atoms with E-state index in [2.05, 4.69) is 28.8 Å². The average molecular weight is 251 g/mol. The standard InChI is InChI=1S/C15H29N3/c1-4-5-6-7-8-9-10-11-14(16-2)15-17-12-13-18(15)3/h12-14,16H,4-11H2,1-3H3. The van der Waals surface area contributed by atoms with Crippen molar-refractivity contribution in [1.82, 2.24) is 14.9 Å². The molecule has 3 heteroatoms. The number of imidazole rings is 1. The van der Waals surface area contributed by atoms with Crippen LogP contribution in [0.5, 0.6) is 0 Å². The first kappa shape index (κ1) is 15.2. The third-order valence-corrected chi connectivity index (χ3v) is 3.61. The van der Waals surface area contributed by atoms with Crippen LogP contribution in [0.4, 0.5) is 0 Å². The van der Waals surface area contributed by atoms with Crippen molar-refractivity contribution in [3.05, 3.63) is 18.2 Å². The van der Waals surface area contributed by atoms with E-state index < -0.39 is 0 Å². The second-order valence-corrected chi connectivity index (χ2v) is 5.15. The first-order valence-corrected chi connectivity index (χ1v) is 7.44. The van der Waals surface area contributed by atoms with Crippen molar-refractivity contribution in [1.29, 1.82) is 0 Å². The number of nitrogens with one attached hydrogen (secondary N) is 1. The molecule has 0 aliphatic rings. The Kier molecular flexibility index (Phi) is 7.74. The van der Waals surface area contributed by atoms with E-state index in [9.17, 15) is 0 Å². The summed E-state index contributed by atoms with van der Waals surface area (Å²) in [5, 5.41) is 3.37. The minimum absolute atomic E-state index is 0.403. The molecule has 1 aromatic heterocycles. The van der Waals surface area contributed by atoms with Gasteiger partial charge in [0.25, 0.3) is 0 Å². The van der Waals surface area contributed by atoms with Gasteiger partial charge in [0.1, 0.15) is 5.82 Å². The van der Waals surface area contributed by atoms with E-state index in [1.807, 2.05) is 19.4 Å². The molecule has 0 aromatic carbocycles. The van der Waals surface area contributed by atoms with E-state index in [1.54, 1.807) is 0 Å². The van der Waals surface area contributed by atoms with E-state index in [0.717, 1.165) is 5.82 Å². The van der Waals surface area contributed by atoms with Crippen molar-refractivity contribution < 1.29 is 0 Å². The molecule has 0 aliphatic carbocycles. The van der Waals surface area contributed by atoms with Crippen LogP contribution in [0.3, 0.4) is 0 Å². The molecule has 1 atom stereocenters. The molecule has 18 heavy (non-hydrogen) atoms. The third-order valence-electron chi connectivity index (χ3n) is 3.61. The van der Waals surface area contributed by atoms with Gasteiger partial charge in [0.05, 0.1) is 6.04 Å². The van der Waals surface area contributed by atoms with Gasteiger partial charge in [-0.25, -0.2) is 4.98 Å². The van der Waals surface area contributed by atoms with Crippen LogP contribution in [0.15, 0.2) is 12.4 Å². The van der Waals surface area contributed by atoms with Crippen LogP contribution < -0.4 is 5.32 Å². The van der Waals surface area contributed by atoms with Crippen molar-refractivity contribution in [2.45, 2.75) is 64.3 Å². The summed E-state index contributed by atoms with van der Waals surface area (Å²) in [5.41, 5.74) is 0. The highest BCUT2D eigenvalue weighted by atomic mass is 15.1. The molecule has 1 unspecified atom stereocenters. The summed E-state index contributed by atoms with van der Waals surface area (Å²) in [5.74, 6) is 1.16. The lowest BCUT2D eigenvalue weighted by Crippen LogP contribution is -2.19. The van der Waals surface area contributed by atoms with Crippen molar-refractivity contribution in [3.63, 3.8) is 0 Å². The van der Waals surface area contributed by atoms with Gasteiger partial charge >= 0.3 is 0 Å². The van der Waals surface area contributed by atoms with Crippen molar-refractivity contribution >= 4 is 0 Å². The van der Waals surface area contributed by atoms with Crippen LogP contribution in [0, 0.1) is 0 Å². The maximum absolute atomic E-state index is 4.43. The maximum Gasteiger partial charge on any atom is 0.125 e. The normalized spacial score (nSPS) is 12.8. The predicted octanol–water partition coefficient (Wildman–Crippen LogP) is 3.82. The third kappa shape index (κ3) is 5.21. The Hall–Kier alpha value is -0.830. The molecule has 0 spiro atoms. The Balaban J connectivity index is 2.15. The summed E-state index contributed by atoms with van der Waals surface area (Å²) < 4.78 is 2.11. The fourth-order valence-electron chi connectivity index (χ4n) is 2.42. The van der Waals surface area contributed by atoms with E-state index in [4.69, 9.17) is 0 Å². The summed E-state index contributed by atoms with van der Waals surface area (Å²) in [6.45, 7) is 2.27. The van der Waals surface area contributed by atoms with Crippen LogP contribution in [0.1, 0.15) is 70.2 Å². The topological polar surface area (TPSA) is 29.9 Å². The molecule has 0 saturated heterocycles. The molecule has 1 aromatic rings. The smallest absolute Gasteiger partial charge is 0.125 e. The van der Waals surface area contributed by atoms with Gasteiger partial charge in [-0.3, -0.25) is 0 Å². The van der Waals surface area contributed by atoms with Gasteiger partial charge in [-0.2, -0.15) is 0 Å². The molecule has 1 rings (SSSR count).